The van der Waals surface area contributed by atoms with Gasteiger partial charge in [0.1, 0.15) is 0 Å². The lowest BCUT2D eigenvalue weighted by molar-refractivity contribution is -0.137. The molecule has 5 heteroatoms. The number of aliphatic hydroxyl groups excluding tert-OH is 1. The predicted octanol–water partition coefficient (Wildman–Crippen LogP) is 1.02. The molecule has 0 bridgehead atoms. The van der Waals surface area contributed by atoms with Gasteiger partial charge in [-0.1, -0.05) is 13.5 Å². The van der Waals surface area contributed by atoms with Crippen LogP contribution in [0, 0.1) is 0 Å². The maximum Gasteiger partial charge on any atom is 0.371 e. The number of carboxylic acid groups (broad SMARTS) is 1. The average molecular weight is 200 g/mol. The molecule has 0 spiro atoms. The van der Waals surface area contributed by atoms with Crippen molar-refractivity contribution >= 4 is 11.8 Å². The number of carbonyl (C=O) groups is 2. The molecule has 0 unspecified atom stereocenters. The summed E-state index contributed by atoms with van der Waals surface area (Å²) in [6.45, 7) is 4.96. The second-order valence-electron chi connectivity index (χ2n) is 2.47. The van der Waals surface area contributed by atoms with E-state index in [1.165, 1.54) is 0 Å². The number of carboxylic acids is 1. The Morgan fingerprint density at radius 2 is 2.00 bits per heavy atom. The average Bonchev–Trinajstić information content (AvgIpc) is 2.10. The fraction of sp³-hybridized carbons (Fsp3) is 0.333. The van der Waals surface area contributed by atoms with Gasteiger partial charge in [0.2, 0.25) is 11.5 Å². The van der Waals surface area contributed by atoms with Gasteiger partial charge in [0.15, 0.2) is 5.76 Å². The summed E-state index contributed by atoms with van der Waals surface area (Å²) >= 11 is 0. The van der Waals surface area contributed by atoms with Crippen LogP contribution < -0.4 is 0 Å². The molecule has 78 valence electrons. The molecule has 0 radical (unpaired) electrons. The number of hydrogen-bond donors (Lipinski definition) is 2. The van der Waals surface area contributed by atoms with Gasteiger partial charge in [0.25, 0.3) is 0 Å². The van der Waals surface area contributed by atoms with Crippen molar-refractivity contribution in [1.82, 2.24) is 0 Å². The number of rotatable bonds is 6. The lowest BCUT2D eigenvalue weighted by Gasteiger charge is -2.03. The standard InChI is InChI=1S/C9H12O5/c1-3-4-14-8(9(12)13)5-7(11)6(2)10/h5,10H,2-4H2,1H3,(H,12,13). The molecule has 0 aliphatic rings. The Balaban J connectivity index is 4.56. The quantitative estimate of drug-likeness (QED) is 0.494. The molecule has 2 N–H and O–H groups in total. The highest BCUT2D eigenvalue weighted by Gasteiger charge is 2.12. The van der Waals surface area contributed by atoms with Crippen LogP contribution in [0.15, 0.2) is 24.2 Å². The van der Waals surface area contributed by atoms with E-state index in [4.69, 9.17) is 14.9 Å². The van der Waals surface area contributed by atoms with Crippen molar-refractivity contribution in [2.45, 2.75) is 13.3 Å². The Kier molecular flexibility index (Phi) is 5.06. The molecule has 0 saturated heterocycles. The van der Waals surface area contributed by atoms with Gasteiger partial charge < -0.3 is 14.9 Å². The first kappa shape index (κ1) is 12.2. The molecular weight excluding hydrogens is 188 g/mol. The molecule has 0 aromatic carbocycles. The summed E-state index contributed by atoms with van der Waals surface area (Å²) in [5, 5.41) is 17.2. The second-order valence-corrected chi connectivity index (χ2v) is 2.47. The van der Waals surface area contributed by atoms with Gasteiger partial charge in [-0.3, -0.25) is 4.79 Å². The highest BCUT2D eigenvalue weighted by atomic mass is 16.5. The Labute approximate surface area is 81.3 Å². The topological polar surface area (TPSA) is 83.8 Å². The van der Waals surface area contributed by atoms with Crippen molar-refractivity contribution in [2.75, 3.05) is 6.61 Å². The normalized spacial score (nSPS) is 10.8. The van der Waals surface area contributed by atoms with Crippen LogP contribution in [0.2, 0.25) is 0 Å². The lowest BCUT2D eigenvalue weighted by atomic mass is 10.3. The Morgan fingerprint density at radius 1 is 1.43 bits per heavy atom. The predicted molar refractivity (Wildman–Crippen MR) is 48.7 cm³/mol. The third kappa shape index (κ3) is 4.30. The van der Waals surface area contributed by atoms with Crippen LogP contribution in [0.5, 0.6) is 0 Å². The highest BCUT2D eigenvalue weighted by Crippen LogP contribution is 2.01. The maximum absolute atomic E-state index is 10.9. The van der Waals surface area contributed by atoms with Gasteiger partial charge in [-0.05, 0) is 6.42 Å². The molecule has 0 aliphatic heterocycles. The van der Waals surface area contributed by atoms with E-state index < -0.39 is 23.3 Å². The van der Waals surface area contributed by atoms with E-state index in [1.54, 1.807) is 6.92 Å². The molecule has 5 nitrogen and oxygen atoms in total. The SMILES string of the molecule is C=C(O)C(=O)C=C(OCCC)C(=O)O. The van der Waals surface area contributed by atoms with Crippen LogP contribution in [-0.4, -0.2) is 28.6 Å². The zero-order valence-corrected chi connectivity index (χ0v) is 7.82. The van der Waals surface area contributed by atoms with Crippen molar-refractivity contribution in [1.29, 1.82) is 0 Å². The molecular formula is C9H12O5. The van der Waals surface area contributed by atoms with Crippen LogP contribution in [-0.2, 0) is 14.3 Å². The van der Waals surface area contributed by atoms with Crippen molar-refractivity contribution < 1.29 is 24.5 Å². The number of aliphatic carboxylic acids is 1. The Hall–Kier alpha value is -1.78. The van der Waals surface area contributed by atoms with Crippen LogP contribution in [0.25, 0.3) is 0 Å². The largest absolute Gasteiger partial charge is 0.505 e. The summed E-state index contributed by atoms with van der Waals surface area (Å²) in [6.07, 6.45) is 1.32. The van der Waals surface area contributed by atoms with Crippen LogP contribution >= 0.6 is 0 Å². The minimum absolute atomic E-state index is 0.198. The monoisotopic (exact) mass is 200 g/mol. The van der Waals surface area contributed by atoms with E-state index in [0.717, 1.165) is 0 Å². The van der Waals surface area contributed by atoms with E-state index in [9.17, 15) is 9.59 Å². The number of ether oxygens (including phenoxy) is 1. The fourth-order valence-corrected chi connectivity index (χ4v) is 0.580. The zero-order valence-electron chi connectivity index (χ0n) is 7.82. The number of carbonyl (C=O) groups excluding carboxylic acids is 1. The number of aliphatic hydroxyl groups is 1. The van der Waals surface area contributed by atoms with Crippen molar-refractivity contribution in [3.05, 3.63) is 24.2 Å². The zero-order chi connectivity index (χ0) is 11.1. The second kappa shape index (κ2) is 5.80. The van der Waals surface area contributed by atoms with Crippen molar-refractivity contribution in [3.8, 4) is 0 Å². The Bertz CT molecular complexity index is 277. The molecule has 0 aromatic heterocycles. The molecule has 0 atom stereocenters. The van der Waals surface area contributed by atoms with Gasteiger partial charge >= 0.3 is 5.97 Å². The van der Waals surface area contributed by atoms with Gasteiger partial charge in [-0.25, -0.2) is 4.79 Å². The van der Waals surface area contributed by atoms with Gasteiger partial charge in [0.05, 0.1) is 6.61 Å². The molecule has 0 amide bonds. The molecule has 0 fully saturated rings. The summed E-state index contributed by atoms with van der Waals surface area (Å²) in [6, 6.07) is 0. The minimum Gasteiger partial charge on any atom is -0.505 e. The summed E-state index contributed by atoms with van der Waals surface area (Å²) < 4.78 is 4.76. The van der Waals surface area contributed by atoms with Crippen molar-refractivity contribution in [3.63, 3.8) is 0 Å². The van der Waals surface area contributed by atoms with E-state index in [0.29, 0.717) is 12.5 Å². The molecule has 0 heterocycles. The van der Waals surface area contributed by atoms with Gasteiger partial charge in [0, 0.05) is 6.08 Å². The van der Waals surface area contributed by atoms with E-state index in [2.05, 4.69) is 6.58 Å². The highest BCUT2D eigenvalue weighted by molar-refractivity contribution is 6.05. The summed E-state index contributed by atoms with van der Waals surface area (Å²) in [7, 11) is 0. The molecule has 0 aromatic rings. The summed E-state index contributed by atoms with van der Waals surface area (Å²) in [5.41, 5.74) is 0. The molecule has 14 heavy (non-hydrogen) atoms. The van der Waals surface area contributed by atoms with Crippen molar-refractivity contribution in [2.24, 2.45) is 0 Å². The smallest absolute Gasteiger partial charge is 0.371 e. The van der Waals surface area contributed by atoms with E-state index in [1.807, 2.05) is 0 Å². The number of allylic oxidation sites excluding steroid dienone is 1. The number of hydrogen-bond acceptors (Lipinski definition) is 4. The molecule has 0 rings (SSSR count). The molecule has 0 aliphatic carbocycles. The third-order valence-corrected chi connectivity index (χ3v) is 1.22. The summed E-state index contributed by atoms with van der Waals surface area (Å²) in [5.74, 6) is -3.44. The maximum atomic E-state index is 10.9. The van der Waals surface area contributed by atoms with Crippen LogP contribution in [0.3, 0.4) is 0 Å². The van der Waals surface area contributed by atoms with Gasteiger partial charge in [-0.2, -0.15) is 0 Å². The Morgan fingerprint density at radius 3 is 2.36 bits per heavy atom. The number of ketones is 1. The first-order valence-corrected chi connectivity index (χ1v) is 3.99. The van der Waals surface area contributed by atoms with E-state index >= 15 is 0 Å². The van der Waals surface area contributed by atoms with Crippen LogP contribution in [0.1, 0.15) is 13.3 Å². The van der Waals surface area contributed by atoms with E-state index in [-0.39, 0.29) is 6.61 Å². The minimum atomic E-state index is -1.35. The van der Waals surface area contributed by atoms with Crippen LogP contribution in [0.4, 0.5) is 0 Å². The fourth-order valence-electron chi connectivity index (χ4n) is 0.580. The van der Waals surface area contributed by atoms with Gasteiger partial charge in [-0.15, -0.1) is 0 Å². The summed E-state index contributed by atoms with van der Waals surface area (Å²) in [4.78, 5) is 21.4. The third-order valence-electron chi connectivity index (χ3n) is 1.22. The first-order chi connectivity index (χ1) is 6.49. The molecule has 0 saturated carbocycles. The lowest BCUT2D eigenvalue weighted by Crippen LogP contribution is -2.09. The first-order valence-electron chi connectivity index (χ1n) is 3.99.